The molecule has 3 nitrogen and oxygen atoms in total. The molecular formula is C11H12N2O. The highest BCUT2D eigenvalue weighted by atomic mass is 16.1. The summed E-state index contributed by atoms with van der Waals surface area (Å²) < 4.78 is 0. The summed E-state index contributed by atoms with van der Waals surface area (Å²) in [6.45, 7) is 6.88. The van der Waals surface area contributed by atoms with Gasteiger partial charge in [-0.05, 0) is 19.1 Å². The van der Waals surface area contributed by atoms with E-state index >= 15 is 0 Å². The SMILES string of the molecule is C=C(N=C(C)C(C)=O)c1ccccn1. The number of aromatic nitrogens is 1. The molecule has 1 aromatic heterocycles. The quantitative estimate of drug-likeness (QED) is 0.682. The molecule has 1 rings (SSSR count). The number of carbonyl (C=O) groups excluding carboxylic acids is 1. The second kappa shape index (κ2) is 4.46. The van der Waals surface area contributed by atoms with Crippen molar-refractivity contribution in [1.82, 2.24) is 4.98 Å². The first kappa shape index (κ1) is 10.3. The number of nitrogens with zero attached hydrogens (tertiary/aromatic N) is 2. The third-order valence-electron chi connectivity index (χ3n) is 1.77. The van der Waals surface area contributed by atoms with Crippen molar-refractivity contribution in [1.29, 1.82) is 0 Å². The van der Waals surface area contributed by atoms with Crippen LogP contribution in [-0.4, -0.2) is 16.5 Å². The number of rotatable bonds is 3. The van der Waals surface area contributed by atoms with E-state index in [-0.39, 0.29) is 5.78 Å². The van der Waals surface area contributed by atoms with Crippen molar-refractivity contribution in [2.24, 2.45) is 4.99 Å². The van der Waals surface area contributed by atoms with Gasteiger partial charge in [-0.1, -0.05) is 12.6 Å². The molecule has 0 fully saturated rings. The lowest BCUT2D eigenvalue weighted by molar-refractivity contribution is -0.111. The van der Waals surface area contributed by atoms with Crippen LogP contribution in [0.25, 0.3) is 5.70 Å². The largest absolute Gasteiger partial charge is 0.293 e. The van der Waals surface area contributed by atoms with E-state index in [0.29, 0.717) is 17.1 Å². The van der Waals surface area contributed by atoms with E-state index in [1.807, 2.05) is 12.1 Å². The minimum atomic E-state index is -0.0536. The summed E-state index contributed by atoms with van der Waals surface area (Å²) in [6.07, 6.45) is 1.67. The van der Waals surface area contributed by atoms with Gasteiger partial charge in [0, 0.05) is 13.1 Å². The maximum absolute atomic E-state index is 10.9. The summed E-state index contributed by atoms with van der Waals surface area (Å²) in [5.74, 6) is -0.0536. The Morgan fingerprint density at radius 2 is 2.14 bits per heavy atom. The third-order valence-corrected chi connectivity index (χ3v) is 1.77. The lowest BCUT2D eigenvalue weighted by Gasteiger charge is -1.99. The molecule has 0 aliphatic carbocycles. The summed E-state index contributed by atoms with van der Waals surface area (Å²) in [7, 11) is 0. The van der Waals surface area contributed by atoms with Crippen LogP contribution in [0.1, 0.15) is 19.5 Å². The van der Waals surface area contributed by atoms with E-state index in [1.165, 1.54) is 6.92 Å². The number of pyridine rings is 1. The molecule has 0 saturated heterocycles. The van der Waals surface area contributed by atoms with Gasteiger partial charge in [-0.15, -0.1) is 0 Å². The maximum Gasteiger partial charge on any atom is 0.173 e. The van der Waals surface area contributed by atoms with Crippen molar-refractivity contribution < 1.29 is 4.79 Å². The van der Waals surface area contributed by atoms with E-state index in [4.69, 9.17) is 0 Å². The molecule has 1 aromatic rings. The van der Waals surface area contributed by atoms with Gasteiger partial charge in [-0.25, -0.2) is 4.99 Å². The highest BCUT2D eigenvalue weighted by molar-refractivity contribution is 6.38. The molecule has 1 heterocycles. The van der Waals surface area contributed by atoms with Crippen LogP contribution in [0, 0.1) is 0 Å². The van der Waals surface area contributed by atoms with E-state index in [1.54, 1.807) is 19.2 Å². The Kier molecular flexibility index (Phi) is 3.29. The zero-order valence-electron chi connectivity index (χ0n) is 8.32. The van der Waals surface area contributed by atoms with Crippen LogP contribution in [0.5, 0.6) is 0 Å². The first-order valence-corrected chi connectivity index (χ1v) is 4.28. The van der Waals surface area contributed by atoms with Gasteiger partial charge in [0.25, 0.3) is 0 Å². The molecule has 0 atom stereocenters. The molecule has 0 bridgehead atoms. The number of hydrogen-bond donors (Lipinski definition) is 0. The average molecular weight is 188 g/mol. The Bertz CT molecular complexity index is 380. The van der Waals surface area contributed by atoms with Crippen LogP contribution in [0.2, 0.25) is 0 Å². The van der Waals surface area contributed by atoms with E-state index < -0.39 is 0 Å². The first-order valence-electron chi connectivity index (χ1n) is 4.28. The van der Waals surface area contributed by atoms with Crippen LogP contribution >= 0.6 is 0 Å². The fourth-order valence-corrected chi connectivity index (χ4v) is 0.872. The molecule has 0 saturated carbocycles. The van der Waals surface area contributed by atoms with Crippen molar-refractivity contribution in [2.75, 3.05) is 0 Å². The Morgan fingerprint density at radius 1 is 1.43 bits per heavy atom. The molecule has 0 radical (unpaired) electrons. The van der Waals surface area contributed by atoms with Gasteiger partial charge >= 0.3 is 0 Å². The second-order valence-electron chi connectivity index (χ2n) is 2.92. The molecule has 0 amide bonds. The molecule has 0 spiro atoms. The Labute approximate surface area is 83.2 Å². The van der Waals surface area contributed by atoms with Gasteiger partial charge in [-0.2, -0.15) is 0 Å². The molecule has 0 aliphatic rings. The molecular weight excluding hydrogens is 176 g/mol. The van der Waals surface area contributed by atoms with Crippen LogP contribution in [-0.2, 0) is 4.79 Å². The zero-order valence-corrected chi connectivity index (χ0v) is 8.32. The topological polar surface area (TPSA) is 42.3 Å². The van der Waals surface area contributed by atoms with Gasteiger partial charge < -0.3 is 0 Å². The van der Waals surface area contributed by atoms with Crippen molar-refractivity contribution in [3.63, 3.8) is 0 Å². The van der Waals surface area contributed by atoms with E-state index in [0.717, 1.165) is 0 Å². The summed E-state index contributed by atoms with van der Waals surface area (Å²) in [5.41, 5.74) is 1.65. The van der Waals surface area contributed by atoms with Gasteiger partial charge in [0.2, 0.25) is 0 Å². The highest BCUT2D eigenvalue weighted by Gasteiger charge is 2.01. The number of hydrogen-bond acceptors (Lipinski definition) is 3. The minimum absolute atomic E-state index is 0.0536. The molecule has 0 aliphatic heterocycles. The average Bonchev–Trinajstić information content (AvgIpc) is 2.19. The molecule has 0 unspecified atom stereocenters. The second-order valence-corrected chi connectivity index (χ2v) is 2.92. The summed E-state index contributed by atoms with van der Waals surface area (Å²) in [5, 5.41) is 0. The van der Waals surface area contributed by atoms with Crippen LogP contribution in [0.4, 0.5) is 0 Å². The van der Waals surface area contributed by atoms with Gasteiger partial charge in [0.1, 0.15) is 0 Å². The van der Waals surface area contributed by atoms with E-state index in [9.17, 15) is 4.79 Å². The number of Topliss-reactive ketones (excluding diaryl/α,β-unsaturated/α-hetero) is 1. The highest BCUT2D eigenvalue weighted by Crippen LogP contribution is 2.09. The van der Waals surface area contributed by atoms with Crippen molar-refractivity contribution in [3.8, 4) is 0 Å². The van der Waals surface area contributed by atoms with Crippen molar-refractivity contribution in [3.05, 3.63) is 36.7 Å². The fourth-order valence-electron chi connectivity index (χ4n) is 0.872. The van der Waals surface area contributed by atoms with Gasteiger partial charge in [0.15, 0.2) is 5.78 Å². The molecule has 3 heteroatoms. The maximum atomic E-state index is 10.9. The van der Waals surface area contributed by atoms with E-state index in [2.05, 4.69) is 16.6 Å². The Morgan fingerprint density at radius 3 is 2.64 bits per heavy atom. The lowest BCUT2D eigenvalue weighted by Crippen LogP contribution is -2.04. The smallest absolute Gasteiger partial charge is 0.173 e. The molecule has 0 aromatic carbocycles. The van der Waals surface area contributed by atoms with Crippen molar-refractivity contribution >= 4 is 17.2 Å². The molecule has 72 valence electrons. The minimum Gasteiger partial charge on any atom is -0.293 e. The van der Waals surface area contributed by atoms with Crippen LogP contribution in [0.15, 0.2) is 36.0 Å². The lowest BCUT2D eigenvalue weighted by atomic mass is 10.2. The number of ketones is 1. The monoisotopic (exact) mass is 188 g/mol. The Balaban J connectivity index is 2.88. The normalized spacial score (nSPS) is 11.1. The van der Waals surface area contributed by atoms with Gasteiger partial charge in [-0.3, -0.25) is 9.78 Å². The Hall–Kier alpha value is -1.77. The molecule has 14 heavy (non-hydrogen) atoms. The summed E-state index contributed by atoms with van der Waals surface area (Å²) >= 11 is 0. The number of aliphatic imine (C=N–C) groups is 1. The number of carbonyl (C=O) groups is 1. The van der Waals surface area contributed by atoms with Crippen LogP contribution < -0.4 is 0 Å². The zero-order chi connectivity index (χ0) is 10.6. The predicted molar refractivity (Wildman–Crippen MR) is 57.1 cm³/mol. The third kappa shape index (κ3) is 2.62. The predicted octanol–water partition coefficient (Wildman–Crippen LogP) is 2.10. The summed E-state index contributed by atoms with van der Waals surface area (Å²) in [4.78, 5) is 19.0. The fraction of sp³-hybridized carbons (Fsp3) is 0.182. The van der Waals surface area contributed by atoms with Gasteiger partial charge in [0.05, 0.1) is 17.1 Å². The first-order chi connectivity index (χ1) is 6.61. The summed E-state index contributed by atoms with van der Waals surface area (Å²) in [6, 6.07) is 5.48. The van der Waals surface area contributed by atoms with Crippen molar-refractivity contribution in [2.45, 2.75) is 13.8 Å². The van der Waals surface area contributed by atoms with Crippen LogP contribution in [0.3, 0.4) is 0 Å². The molecule has 0 N–H and O–H groups in total. The standard InChI is InChI=1S/C11H12N2O/c1-8(10(3)14)13-9(2)11-6-4-5-7-12-11/h4-7H,2H2,1,3H3.